The van der Waals surface area contributed by atoms with Crippen molar-refractivity contribution in [3.05, 3.63) is 33.8 Å². The third-order valence-electron chi connectivity index (χ3n) is 5.20. The van der Waals surface area contributed by atoms with E-state index in [1.54, 1.807) is 4.90 Å². The number of carbonyl (C=O) groups excluding carboxylic acids is 1. The molecule has 6 heteroatoms. The van der Waals surface area contributed by atoms with Crippen LogP contribution in [-0.2, 0) is 11.2 Å². The number of halogens is 1. The lowest BCUT2D eigenvalue weighted by molar-refractivity contribution is -0.138. The molecule has 2 N–H and O–H groups in total. The van der Waals surface area contributed by atoms with E-state index in [0.717, 1.165) is 42.6 Å². The van der Waals surface area contributed by atoms with Crippen molar-refractivity contribution in [3.8, 4) is 0 Å². The molecular formula is C18H29ClN4O. The summed E-state index contributed by atoms with van der Waals surface area (Å²) in [5.41, 5.74) is 9.14. The summed E-state index contributed by atoms with van der Waals surface area (Å²) in [6.45, 7) is 5.71. The third kappa shape index (κ3) is 4.09. The van der Waals surface area contributed by atoms with E-state index >= 15 is 0 Å². The first-order chi connectivity index (χ1) is 11.1. The lowest BCUT2D eigenvalue weighted by Gasteiger charge is -2.46. The maximum Gasteiger partial charge on any atom is 0.228 e. The molecule has 1 amide bonds. The summed E-state index contributed by atoms with van der Waals surface area (Å²) in [6, 6.07) is 3.82. The van der Waals surface area contributed by atoms with Gasteiger partial charge in [0.25, 0.3) is 0 Å². The van der Waals surface area contributed by atoms with Crippen molar-refractivity contribution in [1.29, 1.82) is 0 Å². The predicted molar refractivity (Wildman–Crippen MR) is 98.8 cm³/mol. The van der Waals surface area contributed by atoms with Crippen molar-refractivity contribution in [2.45, 2.75) is 38.8 Å². The Labute approximate surface area is 150 Å². The zero-order valence-electron chi connectivity index (χ0n) is 15.4. The number of amides is 1. The number of carbonyl (C=O) groups is 1. The second kappa shape index (κ2) is 7.40. The minimum absolute atomic E-state index is 0.0596. The summed E-state index contributed by atoms with van der Waals surface area (Å²) in [4.78, 5) is 14.6. The summed E-state index contributed by atoms with van der Waals surface area (Å²) in [5.74, 6) is 0.0596. The van der Waals surface area contributed by atoms with Crippen molar-refractivity contribution < 1.29 is 4.79 Å². The molecule has 1 aliphatic heterocycles. The number of piperidine rings is 1. The molecule has 0 bridgehead atoms. The Morgan fingerprint density at radius 3 is 2.17 bits per heavy atom. The molecule has 0 aromatic heterocycles. The minimum atomic E-state index is -0.572. The van der Waals surface area contributed by atoms with Crippen LogP contribution >= 0.6 is 11.6 Å². The smallest absolute Gasteiger partial charge is 0.228 e. The van der Waals surface area contributed by atoms with Crippen molar-refractivity contribution in [2.75, 3.05) is 34.2 Å². The molecule has 1 heterocycles. The second-order valence-corrected chi connectivity index (χ2v) is 7.49. The molecule has 0 aliphatic carbocycles. The molecular weight excluding hydrogens is 324 g/mol. The van der Waals surface area contributed by atoms with E-state index in [1.165, 1.54) is 0 Å². The van der Waals surface area contributed by atoms with E-state index in [4.69, 9.17) is 17.3 Å². The van der Waals surface area contributed by atoms with Crippen molar-refractivity contribution in [2.24, 2.45) is 5.73 Å². The van der Waals surface area contributed by atoms with Crippen LogP contribution in [0.25, 0.3) is 0 Å². The number of hydrogen-bond acceptors (Lipinski definition) is 4. The first-order valence-corrected chi connectivity index (χ1v) is 8.75. The van der Waals surface area contributed by atoms with Crippen LogP contribution in [0.4, 0.5) is 0 Å². The molecule has 134 valence electrons. The number of nitrogens with two attached hydrogens (primary N) is 1. The highest BCUT2D eigenvalue weighted by Gasteiger charge is 2.37. The van der Waals surface area contributed by atoms with E-state index in [1.807, 2.05) is 47.1 Å². The van der Waals surface area contributed by atoms with Crippen molar-refractivity contribution >= 4 is 17.5 Å². The highest BCUT2D eigenvalue weighted by Crippen LogP contribution is 2.26. The molecule has 2 rings (SSSR count). The molecule has 1 aromatic rings. The van der Waals surface area contributed by atoms with E-state index in [0.29, 0.717) is 11.4 Å². The quantitative estimate of drug-likeness (QED) is 0.844. The molecule has 0 saturated carbocycles. The molecule has 0 unspecified atom stereocenters. The predicted octanol–water partition coefficient (Wildman–Crippen LogP) is 2.19. The second-order valence-electron chi connectivity index (χ2n) is 7.05. The molecule has 1 saturated heterocycles. The summed E-state index contributed by atoms with van der Waals surface area (Å²) in [5, 5.41) is 5.04. The number of likely N-dealkylation sites (N-methyl/N-ethyl adjacent to an activating group) is 1. The molecule has 0 radical (unpaired) electrons. The standard InChI is InChI=1S/C18H29ClN4O/c1-13-10-15(19)11-14(2)16(13)12-17(24)22(5)18(20)6-8-23(9-7-18)21(3)4/h10-11H,6-9,12,20H2,1-5H3. The van der Waals surface area contributed by atoms with Gasteiger partial charge in [0.05, 0.1) is 12.1 Å². The van der Waals surface area contributed by atoms with Crippen LogP contribution in [0.2, 0.25) is 5.02 Å². The lowest BCUT2D eigenvalue weighted by Crippen LogP contribution is -2.63. The van der Waals surface area contributed by atoms with Crippen molar-refractivity contribution in [3.63, 3.8) is 0 Å². The average Bonchev–Trinajstić information content (AvgIpc) is 2.50. The van der Waals surface area contributed by atoms with Gasteiger partial charge in [0.1, 0.15) is 0 Å². The molecule has 0 atom stereocenters. The fourth-order valence-electron chi connectivity index (χ4n) is 3.36. The van der Waals surface area contributed by atoms with Crippen LogP contribution in [0, 0.1) is 13.8 Å². The maximum atomic E-state index is 12.8. The summed E-state index contributed by atoms with van der Waals surface area (Å²) < 4.78 is 0. The first kappa shape index (κ1) is 19.2. The number of aryl methyl sites for hydroxylation is 2. The maximum absolute atomic E-state index is 12.8. The number of rotatable bonds is 4. The minimum Gasteiger partial charge on any atom is -0.327 e. The Balaban J connectivity index is 2.08. The van der Waals surface area contributed by atoms with Gasteiger partial charge in [0, 0.05) is 39.3 Å². The molecule has 5 nitrogen and oxygen atoms in total. The number of hydrogen-bond donors (Lipinski definition) is 1. The normalized spacial score (nSPS) is 18.0. The van der Waals surface area contributed by atoms with Gasteiger partial charge in [-0.3, -0.25) is 4.79 Å². The molecule has 24 heavy (non-hydrogen) atoms. The topological polar surface area (TPSA) is 52.8 Å². The zero-order valence-corrected chi connectivity index (χ0v) is 16.2. The van der Waals surface area contributed by atoms with Crippen molar-refractivity contribution in [1.82, 2.24) is 14.9 Å². The van der Waals surface area contributed by atoms with E-state index in [9.17, 15) is 4.79 Å². The van der Waals surface area contributed by atoms with E-state index in [2.05, 4.69) is 10.0 Å². The zero-order chi connectivity index (χ0) is 18.1. The van der Waals surface area contributed by atoms with Gasteiger partial charge in [-0.25, -0.2) is 10.0 Å². The highest BCUT2D eigenvalue weighted by molar-refractivity contribution is 6.30. The van der Waals surface area contributed by atoms with E-state index < -0.39 is 5.66 Å². The van der Waals surface area contributed by atoms with Gasteiger partial charge in [0.15, 0.2) is 0 Å². The summed E-state index contributed by atoms with van der Waals surface area (Å²) in [6.07, 6.45) is 1.90. The monoisotopic (exact) mass is 352 g/mol. The van der Waals surface area contributed by atoms with Crippen LogP contribution in [0.15, 0.2) is 12.1 Å². The van der Waals surface area contributed by atoms with Gasteiger partial charge < -0.3 is 10.6 Å². The Morgan fingerprint density at radius 2 is 1.71 bits per heavy atom. The van der Waals surface area contributed by atoms with E-state index in [-0.39, 0.29) is 5.91 Å². The summed E-state index contributed by atoms with van der Waals surface area (Å²) in [7, 11) is 5.89. The Morgan fingerprint density at radius 1 is 1.21 bits per heavy atom. The SMILES string of the molecule is Cc1cc(Cl)cc(C)c1CC(=O)N(C)C1(N)CCN(N(C)C)CC1. The fraction of sp³-hybridized carbons (Fsp3) is 0.611. The molecule has 0 spiro atoms. The van der Waals surface area contributed by atoms with Crippen LogP contribution < -0.4 is 5.73 Å². The number of benzene rings is 1. The van der Waals surface area contributed by atoms with Gasteiger partial charge >= 0.3 is 0 Å². The Bertz CT molecular complexity index is 586. The number of nitrogens with zero attached hydrogens (tertiary/aromatic N) is 3. The highest BCUT2D eigenvalue weighted by atomic mass is 35.5. The molecule has 1 fully saturated rings. The Kier molecular flexibility index (Phi) is 5.91. The van der Waals surface area contributed by atoms with Gasteiger partial charge in [-0.05, 0) is 55.5 Å². The van der Waals surface area contributed by atoms with Gasteiger partial charge in [-0.15, -0.1) is 0 Å². The first-order valence-electron chi connectivity index (χ1n) is 8.37. The molecule has 1 aliphatic rings. The lowest BCUT2D eigenvalue weighted by atomic mass is 9.95. The third-order valence-corrected chi connectivity index (χ3v) is 5.42. The molecule has 1 aromatic carbocycles. The number of hydrazine groups is 1. The van der Waals surface area contributed by atoms with Crippen LogP contribution in [0.3, 0.4) is 0 Å². The van der Waals surface area contributed by atoms with Crippen LogP contribution in [0.1, 0.15) is 29.5 Å². The van der Waals surface area contributed by atoms with Crippen LogP contribution in [-0.4, -0.2) is 60.7 Å². The average molecular weight is 353 g/mol. The van der Waals surface area contributed by atoms with Gasteiger partial charge in [-0.1, -0.05) is 11.6 Å². The summed E-state index contributed by atoms with van der Waals surface area (Å²) >= 11 is 6.08. The van der Waals surface area contributed by atoms with Crippen LogP contribution in [0.5, 0.6) is 0 Å². The van der Waals surface area contributed by atoms with Gasteiger partial charge in [0.2, 0.25) is 5.91 Å². The fourth-order valence-corrected chi connectivity index (χ4v) is 3.68. The largest absolute Gasteiger partial charge is 0.327 e. The van der Waals surface area contributed by atoms with Gasteiger partial charge in [-0.2, -0.15) is 0 Å². The Hall–Kier alpha value is -1.14.